The van der Waals surface area contributed by atoms with Gasteiger partial charge in [0.25, 0.3) is 0 Å². The van der Waals surface area contributed by atoms with Crippen LogP contribution in [-0.4, -0.2) is 4.57 Å². The Bertz CT molecular complexity index is 474. The van der Waals surface area contributed by atoms with Gasteiger partial charge in [0.2, 0.25) is 0 Å². The number of fused-ring (bicyclic) bond motifs is 1. The van der Waals surface area contributed by atoms with Gasteiger partial charge in [-0.25, -0.2) is 0 Å². The van der Waals surface area contributed by atoms with E-state index >= 15 is 0 Å². The summed E-state index contributed by atoms with van der Waals surface area (Å²) in [6.45, 7) is 0. The Morgan fingerprint density at radius 3 is 3.00 bits per heavy atom. The lowest BCUT2D eigenvalue weighted by atomic mass is 10.1. The van der Waals surface area contributed by atoms with Gasteiger partial charge in [0, 0.05) is 18.8 Å². The second kappa shape index (κ2) is 2.95. The molecule has 0 aliphatic carbocycles. The van der Waals surface area contributed by atoms with Crippen molar-refractivity contribution in [2.75, 3.05) is 0 Å². The first-order valence-electron chi connectivity index (χ1n) is 4.22. The van der Waals surface area contributed by atoms with Crippen molar-refractivity contribution >= 4 is 10.9 Å². The number of rotatable bonds is 1. The lowest BCUT2D eigenvalue weighted by molar-refractivity contribution is 0.969. The molecule has 0 aliphatic heterocycles. The SMILES string of the molecule is Cn1ccc2cc(CC#N)ccc21. The van der Waals surface area contributed by atoms with Gasteiger partial charge in [-0.2, -0.15) is 5.26 Å². The molecule has 0 fully saturated rings. The van der Waals surface area contributed by atoms with E-state index in [-0.39, 0.29) is 0 Å². The van der Waals surface area contributed by atoms with Gasteiger partial charge in [-0.05, 0) is 29.1 Å². The molecule has 64 valence electrons. The van der Waals surface area contributed by atoms with Crippen molar-refractivity contribution in [2.45, 2.75) is 6.42 Å². The second-order valence-electron chi connectivity index (χ2n) is 3.15. The predicted molar refractivity (Wildman–Crippen MR) is 52.2 cm³/mol. The largest absolute Gasteiger partial charge is 0.351 e. The normalized spacial score (nSPS) is 10.2. The Morgan fingerprint density at radius 2 is 2.23 bits per heavy atom. The molecule has 0 saturated carbocycles. The quantitative estimate of drug-likeness (QED) is 0.645. The summed E-state index contributed by atoms with van der Waals surface area (Å²) in [5, 5.41) is 9.75. The van der Waals surface area contributed by atoms with E-state index in [9.17, 15) is 0 Å². The number of benzene rings is 1. The van der Waals surface area contributed by atoms with Crippen molar-refractivity contribution in [3.05, 3.63) is 36.0 Å². The lowest BCUT2D eigenvalue weighted by Crippen LogP contribution is -1.85. The van der Waals surface area contributed by atoms with Crippen molar-refractivity contribution in [1.29, 1.82) is 5.26 Å². The van der Waals surface area contributed by atoms with E-state index < -0.39 is 0 Å². The summed E-state index contributed by atoms with van der Waals surface area (Å²) in [6, 6.07) is 10.3. The molecule has 0 bridgehead atoms. The Balaban J connectivity index is 2.58. The van der Waals surface area contributed by atoms with E-state index in [0.717, 1.165) is 5.56 Å². The van der Waals surface area contributed by atoms with Crippen molar-refractivity contribution in [1.82, 2.24) is 4.57 Å². The van der Waals surface area contributed by atoms with Gasteiger partial charge in [-0.1, -0.05) is 6.07 Å². The summed E-state index contributed by atoms with van der Waals surface area (Å²) in [7, 11) is 2.02. The minimum Gasteiger partial charge on any atom is -0.351 e. The van der Waals surface area contributed by atoms with Crippen LogP contribution in [0.4, 0.5) is 0 Å². The maximum Gasteiger partial charge on any atom is 0.0669 e. The molecule has 0 spiro atoms. The average molecular weight is 170 g/mol. The van der Waals surface area contributed by atoms with Crippen molar-refractivity contribution in [3.63, 3.8) is 0 Å². The van der Waals surface area contributed by atoms with Gasteiger partial charge in [0.05, 0.1) is 12.5 Å². The fraction of sp³-hybridized carbons (Fsp3) is 0.182. The predicted octanol–water partition coefficient (Wildman–Crippen LogP) is 2.24. The first kappa shape index (κ1) is 7.88. The van der Waals surface area contributed by atoms with Gasteiger partial charge < -0.3 is 4.57 Å². The molecule has 13 heavy (non-hydrogen) atoms. The smallest absolute Gasteiger partial charge is 0.0669 e. The number of nitriles is 1. The van der Waals surface area contributed by atoms with Gasteiger partial charge >= 0.3 is 0 Å². The molecule has 0 unspecified atom stereocenters. The van der Waals surface area contributed by atoms with Crippen LogP contribution in [0, 0.1) is 11.3 Å². The van der Waals surface area contributed by atoms with Crippen LogP contribution in [0.2, 0.25) is 0 Å². The highest BCUT2D eigenvalue weighted by Gasteiger charge is 1.98. The van der Waals surface area contributed by atoms with Gasteiger partial charge in [0.15, 0.2) is 0 Å². The zero-order valence-electron chi connectivity index (χ0n) is 7.49. The first-order valence-corrected chi connectivity index (χ1v) is 4.22. The molecular formula is C11H10N2. The Labute approximate surface area is 77.0 Å². The number of aromatic nitrogens is 1. The highest BCUT2D eigenvalue weighted by atomic mass is 14.9. The highest BCUT2D eigenvalue weighted by Crippen LogP contribution is 2.16. The molecule has 0 amide bonds. The van der Waals surface area contributed by atoms with E-state index in [0.29, 0.717) is 6.42 Å². The number of nitrogens with zero attached hydrogens (tertiary/aromatic N) is 2. The summed E-state index contributed by atoms with van der Waals surface area (Å²) < 4.78 is 2.07. The van der Waals surface area contributed by atoms with E-state index in [1.54, 1.807) is 0 Å². The van der Waals surface area contributed by atoms with E-state index in [1.165, 1.54) is 10.9 Å². The summed E-state index contributed by atoms with van der Waals surface area (Å²) in [4.78, 5) is 0. The zero-order valence-corrected chi connectivity index (χ0v) is 7.49. The van der Waals surface area contributed by atoms with E-state index in [1.807, 2.05) is 19.3 Å². The number of aryl methyl sites for hydroxylation is 1. The summed E-state index contributed by atoms with van der Waals surface area (Å²) in [5.41, 5.74) is 2.29. The molecule has 0 atom stereocenters. The lowest BCUT2D eigenvalue weighted by Gasteiger charge is -1.97. The Hall–Kier alpha value is -1.75. The van der Waals surface area contributed by atoms with Crippen molar-refractivity contribution < 1.29 is 0 Å². The van der Waals surface area contributed by atoms with Crippen molar-refractivity contribution in [3.8, 4) is 6.07 Å². The second-order valence-corrected chi connectivity index (χ2v) is 3.15. The average Bonchev–Trinajstić information content (AvgIpc) is 2.48. The standard InChI is InChI=1S/C11H10N2/c1-13-7-5-10-8-9(4-6-12)2-3-11(10)13/h2-3,5,7-8H,4H2,1H3. The summed E-state index contributed by atoms with van der Waals surface area (Å²) >= 11 is 0. The van der Waals surface area contributed by atoms with Gasteiger partial charge in [-0.15, -0.1) is 0 Å². The van der Waals surface area contributed by atoms with Crippen LogP contribution in [0.5, 0.6) is 0 Å². The van der Waals surface area contributed by atoms with Gasteiger partial charge in [-0.3, -0.25) is 0 Å². The van der Waals surface area contributed by atoms with Crippen LogP contribution in [-0.2, 0) is 13.5 Å². The highest BCUT2D eigenvalue weighted by molar-refractivity contribution is 5.80. The summed E-state index contributed by atoms with van der Waals surface area (Å²) in [6.07, 6.45) is 2.52. The molecule has 0 aliphatic rings. The molecule has 1 heterocycles. The van der Waals surface area contributed by atoms with Crippen LogP contribution in [0.3, 0.4) is 0 Å². The van der Waals surface area contributed by atoms with E-state index in [2.05, 4.69) is 28.8 Å². The molecule has 2 nitrogen and oxygen atoms in total. The molecule has 1 aromatic carbocycles. The summed E-state index contributed by atoms with van der Waals surface area (Å²) in [5.74, 6) is 0. The third-order valence-corrected chi connectivity index (χ3v) is 2.23. The molecule has 2 heteroatoms. The molecule has 2 aromatic rings. The molecular weight excluding hydrogens is 160 g/mol. The maximum absolute atomic E-state index is 8.54. The van der Waals surface area contributed by atoms with Crippen LogP contribution in [0.15, 0.2) is 30.5 Å². The number of hydrogen-bond donors (Lipinski definition) is 0. The third kappa shape index (κ3) is 1.29. The van der Waals surface area contributed by atoms with Crippen LogP contribution in [0.1, 0.15) is 5.56 Å². The van der Waals surface area contributed by atoms with Crippen LogP contribution >= 0.6 is 0 Å². The minimum absolute atomic E-state index is 0.491. The molecule has 1 aromatic heterocycles. The fourth-order valence-electron chi connectivity index (χ4n) is 1.53. The van der Waals surface area contributed by atoms with Gasteiger partial charge in [0.1, 0.15) is 0 Å². The van der Waals surface area contributed by atoms with Crippen molar-refractivity contribution in [2.24, 2.45) is 7.05 Å². The Kier molecular flexibility index (Phi) is 1.79. The van der Waals surface area contributed by atoms with E-state index in [4.69, 9.17) is 5.26 Å². The van der Waals surface area contributed by atoms with Crippen LogP contribution in [0.25, 0.3) is 10.9 Å². The number of hydrogen-bond acceptors (Lipinski definition) is 1. The topological polar surface area (TPSA) is 28.7 Å². The fourth-order valence-corrected chi connectivity index (χ4v) is 1.53. The molecule has 0 N–H and O–H groups in total. The molecule has 0 saturated heterocycles. The van der Waals surface area contributed by atoms with Crippen LogP contribution < -0.4 is 0 Å². The maximum atomic E-state index is 8.54. The monoisotopic (exact) mass is 170 g/mol. The molecule has 0 radical (unpaired) electrons. The first-order chi connectivity index (χ1) is 6.31. The zero-order chi connectivity index (χ0) is 9.26. The Morgan fingerprint density at radius 1 is 1.38 bits per heavy atom. The minimum atomic E-state index is 0.491. The third-order valence-electron chi connectivity index (χ3n) is 2.23. The molecule has 2 rings (SSSR count).